The zero-order valence-corrected chi connectivity index (χ0v) is 8.47. The number of hydrogen-bond donors (Lipinski definition) is 1. The second-order valence-corrected chi connectivity index (χ2v) is 3.51. The first-order valence-electron chi connectivity index (χ1n) is 5.02. The lowest BCUT2D eigenvalue weighted by molar-refractivity contribution is 0.462. The molecule has 2 aromatic heterocycles. The van der Waals surface area contributed by atoms with Crippen molar-refractivity contribution in [2.24, 2.45) is 5.73 Å². The molecule has 0 aliphatic carbocycles. The van der Waals surface area contributed by atoms with E-state index in [2.05, 4.69) is 11.1 Å². The number of rotatable bonds is 4. The fourth-order valence-corrected chi connectivity index (χ4v) is 1.63. The first kappa shape index (κ1) is 9.93. The summed E-state index contributed by atoms with van der Waals surface area (Å²) < 4.78 is 5.36. The van der Waals surface area contributed by atoms with E-state index in [1.807, 2.05) is 24.4 Å². The largest absolute Gasteiger partial charge is 0.469 e. The third kappa shape index (κ3) is 2.44. The Labute approximate surface area is 88.9 Å². The van der Waals surface area contributed by atoms with Gasteiger partial charge in [-0.3, -0.25) is 4.98 Å². The first-order valence-corrected chi connectivity index (χ1v) is 5.02. The molecule has 0 aliphatic rings. The third-order valence-electron chi connectivity index (χ3n) is 2.43. The summed E-state index contributed by atoms with van der Waals surface area (Å²) in [7, 11) is 0. The number of nitrogens with two attached hydrogens (primary N) is 1. The average molecular weight is 202 g/mol. The lowest BCUT2D eigenvalue weighted by Gasteiger charge is -2.11. The van der Waals surface area contributed by atoms with Crippen molar-refractivity contribution >= 4 is 0 Å². The van der Waals surface area contributed by atoms with Crippen molar-refractivity contribution in [2.75, 3.05) is 6.54 Å². The molecule has 3 heteroatoms. The van der Waals surface area contributed by atoms with Crippen molar-refractivity contribution in [1.82, 2.24) is 4.98 Å². The van der Waals surface area contributed by atoms with Gasteiger partial charge in [0.1, 0.15) is 5.76 Å². The number of furan rings is 1. The van der Waals surface area contributed by atoms with Crippen LogP contribution in [-0.4, -0.2) is 11.5 Å². The lowest BCUT2D eigenvalue weighted by atomic mass is 9.98. The van der Waals surface area contributed by atoms with Gasteiger partial charge in [0.05, 0.1) is 6.26 Å². The summed E-state index contributed by atoms with van der Waals surface area (Å²) in [6.45, 7) is 0.586. The number of hydrogen-bond acceptors (Lipinski definition) is 3. The van der Waals surface area contributed by atoms with E-state index in [0.29, 0.717) is 6.54 Å². The van der Waals surface area contributed by atoms with Crippen LogP contribution in [0.25, 0.3) is 0 Å². The van der Waals surface area contributed by atoms with Gasteiger partial charge in [0, 0.05) is 24.9 Å². The summed E-state index contributed by atoms with van der Waals surface area (Å²) in [5, 5.41) is 0. The molecule has 0 saturated heterocycles. The van der Waals surface area contributed by atoms with Crippen molar-refractivity contribution in [3.63, 3.8) is 0 Å². The fourth-order valence-electron chi connectivity index (χ4n) is 1.63. The van der Waals surface area contributed by atoms with Gasteiger partial charge in [-0.2, -0.15) is 0 Å². The Morgan fingerprint density at radius 2 is 2.27 bits per heavy atom. The van der Waals surface area contributed by atoms with Gasteiger partial charge in [0.25, 0.3) is 0 Å². The Hall–Kier alpha value is -1.61. The molecule has 1 unspecified atom stereocenters. The predicted octanol–water partition coefficient (Wildman–Crippen LogP) is 1.96. The molecule has 0 radical (unpaired) electrons. The van der Waals surface area contributed by atoms with Crippen molar-refractivity contribution in [3.8, 4) is 0 Å². The molecular formula is C12H14N2O. The van der Waals surface area contributed by atoms with Gasteiger partial charge in [0.2, 0.25) is 0 Å². The lowest BCUT2D eigenvalue weighted by Crippen LogP contribution is -2.14. The fraction of sp³-hybridized carbons (Fsp3) is 0.250. The summed E-state index contributed by atoms with van der Waals surface area (Å²) in [6, 6.07) is 7.85. The quantitative estimate of drug-likeness (QED) is 0.824. The molecule has 0 spiro atoms. The van der Waals surface area contributed by atoms with Crippen molar-refractivity contribution in [2.45, 2.75) is 12.3 Å². The minimum Gasteiger partial charge on any atom is -0.469 e. The van der Waals surface area contributed by atoms with Gasteiger partial charge in [-0.15, -0.1) is 0 Å². The Morgan fingerprint density at radius 1 is 1.33 bits per heavy atom. The molecular weight excluding hydrogens is 188 g/mol. The number of pyridine rings is 1. The van der Waals surface area contributed by atoms with Gasteiger partial charge < -0.3 is 10.2 Å². The van der Waals surface area contributed by atoms with Crippen molar-refractivity contribution in [1.29, 1.82) is 0 Å². The maximum absolute atomic E-state index is 5.73. The monoisotopic (exact) mass is 202 g/mol. The van der Waals surface area contributed by atoms with Crippen molar-refractivity contribution in [3.05, 3.63) is 54.2 Å². The second kappa shape index (κ2) is 4.75. The van der Waals surface area contributed by atoms with E-state index in [-0.39, 0.29) is 5.92 Å². The summed E-state index contributed by atoms with van der Waals surface area (Å²) in [5.41, 5.74) is 6.92. The van der Waals surface area contributed by atoms with Gasteiger partial charge >= 0.3 is 0 Å². The molecule has 0 bridgehead atoms. The Kier molecular flexibility index (Phi) is 3.15. The van der Waals surface area contributed by atoms with Crippen LogP contribution in [-0.2, 0) is 6.42 Å². The molecule has 0 saturated carbocycles. The van der Waals surface area contributed by atoms with Crippen LogP contribution in [0.2, 0.25) is 0 Å². The van der Waals surface area contributed by atoms with Crippen LogP contribution in [0.3, 0.4) is 0 Å². The number of aromatic nitrogens is 1. The van der Waals surface area contributed by atoms with Crippen LogP contribution >= 0.6 is 0 Å². The summed E-state index contributed by atoms with van der Waals surface area (Å²) in [5.74, 6) is 1.19. The zero-order valence-electron chi connectivity index (χ0n) is 8.47. The van der Waals surface area contributed by atoms with E-state index >= 15 is 0 Å². The van der Waals surface area contributed by atoms with E-state index in [0.717, 1.165) is 12.2 Å². The van der Waals surface area contributed by atoms with Crippen LogP contribution in [0.5, 0.6) is 0 Å². The highest BCUT2D eigenvalue weighted by Crippen LogP contribution is 2.19. The summed E-state index contributed by atoms with van der Waals surface area (Å²) in [4.78, 5) is 4.08. The highest BCUT2D eigenvalue weighted by Gasteiger charge is 2.12. The Morgan fingerprint density at radius 3 is 2.87 bits per heavy atom. The van der Waals surface area contributed by atoms with Gasteiger partial charge in [-0.25, -0.2) is 0 Å². The molecule has 2 N–H and O–H groups in total. The summed E-state index contributed by atoms with van der Waals surface area (Å²) in [6.07, 6.45) is 6.19. The van der Waals surface area contributed by atoms with E-state index in [1.54, 1.807) is 12.5 Å². The third-order valence-corrected chi connectivity index (χ3v) is 2.43. The molecule has 0 aromatic carbocycles. The molecule has 15 heavy (non-hydrogen) atoms. The number of nitrogens with zero attached hydrogens (tertiary/aromatic N) is 1. The van der Waals surface area contributed by atoms with E-state index < -0.39 is 0 Å². The maximum atomic E-state index is 5.73. The van der Waals surface area contributed by atoms with Crippen LogP contribution in [0.1, 0.15) is 17.2 Å². The van der Waals surface area contributed by atoms with Crippen molar-refractivity contribution < 1.29 is 4.42 Å². The first-order chi connectivity index (χ1) is 7.40. The van der Waals surface area contributed by atoms with Gasteiger partial charge in [-0.05, 0) is 30.2 Å². The topological polar surface area (TPSA) is 52.0 Å². The van der Waals surface area contributed by atoms with Crippen LogP contribution < -0.4 is 5.73 Å². The Balaban J connectivity index is 2.10. The summed E-state index contributed by atoms with van der Waals surface area (Å²) >= 11 is 0. The minimum absolute atomic E-state index is 0.240. The standard InChI is InChI=1S/C12H14N2O/c13-8-11(12-4-2-6-15-12)7-10-3-1-5-14-9-10/h1-6,9,11H,7-8,13H2. The second-order valence-electron chi connectivity index (χ2n) is 3.51. The normalized spacial score (nSPS) is 12.6. The van der Waals surface area contributed by atoms with Crippen LogP contribution in [0.15, 0.2) is 47.3 Å². The minimum atomic E-state index is 0.240. The predicted molar refractivity (Wildman–Crippen MR) is 58.4 cm³/mol. The van der Waals surface area contributed by atoms with E-state index in [1.165, 1.54) is 5.56 Å². The SMILES string of the molecule is NCC(Cc1cccnc1)c1ccco1. The molecule has 0 aliphatic heterocycles. The molecule has 0 amide bonds. The van der Waals surface area contributed by atoms with E-state index in [9.17, 15) is 0 Å². The molecule has 0 fully saturated rings. The Bertz CT molecular complexity index is 383. The van der Waals surface area contributed by atoms with Gasteiger partial charge in [-0.1, -0.05) is 6.07 Å². The molecule has 2 aromatic rings. The van der Waals surface area contributed by atoms with Crippen LogP contribution in [0.4, 0.5) is 0 Å². The zero-order chi connectivity index (χ0) is 10.5. The molecule has 3 nitrogen and oxygen atoms in total. The molecule has 1 atom stereocenters. The highest BCUT2D eigenvalue weighted by atomic mass is 16.3. The smallest absolute Gasteiger partial charge is 0.108 e. The van der Waals surface area contributed by atoms with Crippen LogP contribution in [0, 0.1) is 0 Å². The van der Waals surface area contributed by atoms with Gasteiger partial charge in [0.15, 0.2) is 0 Å². The molecule has 78 valence electrons. The maximum Gasteiger partial charge on any atom is 0.108 e. The average Bonchev–Trinajstić information content (AvgIpc) is 2.81. The van der Waals surface area contributed by atoms with E-state index in [4.69, 9.17) is 10.2 Å². The molecule has 2 rings (SSSR count). The highest BCUT2D eigenvalue weighted by molar-refractivity contribution is 5.15. The molecule has 2 heterocycles.